The largest absolute Gasteiger partial charge is 0.369 e. The van der Waals surface area contributed by atoms with E-state index in [-0.39, 0.29) is 0 Å². The molecule has 19 heavy (non-hydrogen) atoms. The first-order valence-electron chi connectivity index (χ1n) is 5.97. The van der Waals surface area contributed by atoms with Gasteiger partial charge in [0.05, 0.1) is 6.54 Å². The number of anilines is 1. The van der Waals surface area contributed by atoms with Gasteiger partial charge in [0.1, 0.15) is 0 Å². The number of nitrogens with one attached hydrogen (secondary N) is 1. The molecular weight excluding hydrogens is 344 g/mol. The van der Waals surface area contributed by atoms with Gasteiger partial charge in [0.25, 0.3) is 0 Å². The summed E-state index contributed by atoms with van der Waals surface area (Å²) < 4.78 is 1.15. The van der Waals surface area contributed by atoms with Crippen LogP contribution in [0.4, 0.5) is 5.69 Å². The second-order valence-corrected chi connectivity index (χ2v) is 6.74. The van der Waals surface area contributed by atoms with Crippen molar-refractivity contribution in [3.63, 3.8) is 0 Å². The van der Waals surface area contributed by atoms with Crippen molar-refractivity contribution in [1.29, 1.82) is 0 Å². The molecule has 0 saturated heterocycles. The summed E-state index contributed by atoms with van der Waals surface area (Å²) in [6, 6.07) is 8.21. The molecule has 2 aromatic rings. The van der Waals surface area contributed by atoms with E-state index in [0.717, 1.165) is 22.6 Å². The van der Waals surface area contributed by atoms with Gasteiger partial charge >= 0.3 is 0 Å². The van der Waals surface area contributed by atoms with E-state index in [1.807, 2.05) is 19.2 Å². The summed E-state index contributed by atoms with van der Waals surface area (Å²) >= 11 is 11.3. The van der Waals surface area contributed by atoms with Gasteiger partial charge in [-0.3, -0.25) is 0 Å². The molecule has 2 rings (SSSR count). The van der Waals surface area contributed by atoms with Crippen LogP contribution in [0.25, 0.3) is 0 Å². The fourth-order valence-corrected chi connectivity index (χ4v) is 3.71. The summed E-state index contributed by atoms with van der Waals surface area (Å²) in [4.78, 5) is 3.58. The summed E-state index contributed by atoms with van der Waals surface area (Å²) in [5.74, 6) is 0. The molecule has 0 amide bonds. The van der Waals surface area contributed by atoms with E-state index in [1.54, 1.807) is 11.3 Å². The molecule has 102 valence electrons. The molecule has 0 aliphatic carbocycles. The Hall–Kier alpha value is -0.550. The highest BCUT2D eigenvalue weighted by molar-refractivity contribution is 9.10. The number of halogens is 2. The minimum Gasteiger partial charge on any atom is -0.369 e. The fraction of sp³-hybridized carbons (Fsp3) is 0.286. The molecule has 0 spiro atoms. The van der Waals surface area contributed by atoms with Crippen molar-refractivity contribution in [2.24, 2.45) is 0 Å². The zero-order valence-electron chi connectivity index (χ0n) is 10.9. The maximum atomic E-state index is 6.07. The van der Waals surface area contributed by atoms with E-state index in [9.17, 15) is 0 Å². The number of thiophene rings is 1. The molecule has 0 atom stereocenters. The Morgan fingerprint density at radius 3 is 2.79 bits per heavy atom. The van der Waals surface area contributed by atoms with Crippen LogP contribution in [0.2, 0.25) is 5.02 Å². The van der Waals surface area contributed by atoms with Crippen LogP contribution >= 0.6 is 38.9 Å². The lowest BCUT2D eigenvalue weighted by atomic mass is 10.1. The summed E-state index contributed by atoms with van der Waals surface area (Å²) in [6.07, 6.45) is 0. The molecule has 0 fully saturated rings. The molecule has 0 radical (unpaired) electrons. The predicted octanol–water partition coefficient (Wildman–Crippen LogP) is 4.52. The summed E-state index contributed by atoms with van der Waals surface area (Å²) in [6.45, 7) is 1.71. The van der Waals surface area contributed by atoms with Crippen molar-refractivity contribution >= 4 is 44.6 Å². The monoisotopic (exact) mass is 358 g/mol. The van der Waals surface area contributed by atoms with Crippen molar-refractivity contribution in [2.75, 3.05) is 19.0 Å². The lowest BCUT2D eigenvalue weighted by molar-refractivity contribution is 0.807. The Labute approximate surface area is 131 Å². The highest BCUT2D eigenvalue weighted by atomic mass is 79.9. The van der Waals surface area contributed by atoms with Crippen molar-refractivity contribution in [3.8, 4) is 0 Å². The van der Waals surface area contributed by atoms with Gasteiger partial charge < -0.3 is 10.2 Å². The third-order valence-electron chi connectivity index (χ3n) is 2.83. The lowest BCUT2D eigenvalue weighted by Crippen LogP contribution is -2.19. The zero-order chi connectivity index (χ0) is 13.8. The minimum absolute atomic E-state index is 0.779. The van der Waals surface area contributed by atoms with E-state index >= 15 is 0 Å². The molecule has 1 N–H and O–H groups in total. The predicted molar refractivity (Wildman–Crippen MR) is 88.3 cm³/mol. The quantitative estimate of drug-likeness (QED) is 0.844. The number of hydrogen-bond donors (Lipinski definition) is 1. The second kappa shape index (κ2) is 6.75. The van der Waals surface area contributed by atoms with Crippen molar-refractivity contribution in [3.05, 3.63) is 49.6 Å². The highest BCUT2D eigenvalue weighted by Crippen LogP contribution is 2.27. The normalized spacial score (nSPS) is 10.7. The first-order valence-corrected chi connectivity index (χ1v) is 8.02. The summed E-state index contributed by atoms with van der Waals surface area (Å²) in [5, 5.41) is 6.07. The molecule has 0 saturated carbocycles. The molecule has 1 aromatic carbocycles. The molecule has 0 aliphatic heterocycles. The zero-order valence-corrected chi connectivity index (χ0v) is 14.1. The molecular formula is C14H16BrClN2S. The van der Waals surface area contributed by atoms with Gasteiger partial charge in [-0.2, -0.15) is 0 Å². The summed E-state index contributed by atoms with van der Waals surface area (Å²) in [7, 11) is 4.05. The van der Waals surface area contributed by atoms with Gasteiger partial charge in [-0.1, -0.05) is 11.6 Å². The number of benzene rings is 1. The van der Waals surface area contributed by atoms with Crippen molar-refractivity contribution in [1.82, 2.24) is 5.32 Å². The van der Waals surface area contributed by atoms with Crippen LogP contribution in [0, 0.1) is 0 Å². The number of nitrogens with zero attached hydrogens (tertiary/aromatic N) is 1. The van der Waals surface area contributed by atoms with Gasteiger partial charge in [0, 0.05) is 39.0 Å². The highest BCUT2D eigenvalue weighted by Gasteiger charge is 2.09. The van der Waals surface area contributed by atoms with Crippen LogP contribution < -0.4 is 10.2 Å². The second-order valence-electron chi connectivity index (χ2n) is 4.39. The minimum atomic E-state index is 0.779. The fourth-order valence-electron chi connectivity index (χ4n) is 2.01. The van der Waals surface area contributed by atoms with Crippen LogP contribution in [0.1, 0.15) is 10.4 Å². The van der Waals surface area contributed by atoms with Crippen LogP contribution in [0.5, 0.6) is 0 Å². The van der Waals surface area contributed by atoms with Gasteiger partial charge in [-0.15, -0.1) is 11.3 Å². The van der Waals surface area contributed by atoms with Gasteiger partial charge in [-0.25, -0.2) is 0 Å². The molecule has 0 bridgehead atoms. The third kappa shape index (κ3) is 3.96. The molecule has 0 aliphatic rings. The smallest absolute Gasteiger partial charge is 0.0520 e. The molecule has 2 nitrogen and oxygen atoms in total. The molecule has 1 aromatic heterocycles. The Morgan fingerprint density at radius 1 is 1.37 bits per heavy atom. The van der Waals surface area contributed by atoms with Gasteiger partial charge in [0.2, 0.25) is 0 Å². The molecule has 5 heteroatoms. The topological polar surface area (TPSA) is 15.3 Å². The van der Waals surface area contributed by atoms with Gasteiger partial charge in [-0.05, 0) is 52.8 Å². The van der Waals surface area contributed by atoms with E-state index in [0.29, 0.717) is 0 Å². The molecule has 0 unspecified atom stereocenters. The maximum Gasteiger partial charge on any atom is 0.0520 e. The number of hydrogen-bond acceptors (Lipinski definition) is 3. The average Bonchev–Trinajstić information content (AvgIpc) is 2.75. The molecule has 1 heterocycles. The van der Waals surface area contributed by atoms with Crippen molar-refractivity contribution < 1.29 is 0 Å². The van der Waals surface area contributed by atoms with Gasteiger partial charge in [0.15, 0.2) is 0 Å². The first kappa shape index (κ1) is 14.9. The summed E-state index contributed by atoms with van der Waals surface area (Å²) in [5.41, 5.74) is 2.43. The van der Waals surface area contributed by atoms with Crippen molar-refractivity contribution in [2.45, 2.75) is 13.1 Å². The Bertz CT molecular complexity index is 556. The third-order valence-corrected chi connectivity index (χ3v) is 4.75. The first-order chi connectivity index (χ1) is 9.10. The van der Waals surface area contributed by atoms with E-state index in [2.05, 4.69) is 50.7 Å². The SMILES string of the molecule is CNCc1cc(Cl)ccc1N(C)Cc1cc(Br)cs1. The van der Waals surface area contributed by atoms with E-state index in [1.165, 1.54) is 16.1 Å². The Morgan fingerprint density at radius 2 is 2.16 bits per heavy atom. The standard InChI is InChI=1S/C14H16BrClN2S/c1-17-7-10-5-12(16)3-4-14(10)18(2)8-13-6-11(15)9-19-13/h3-6,9,17H,7-8H2,1-2H3. The lowest BCUT2D eigenvalue weighted by Gasteiger charge is -2.22. The van der Waals surface area contributed by atoms with Crippen LogP contribution in [0.3, 0.4) is 0 Å². The Kier molecular flexibility index (Phi) is 5.28. The van der Waals surface area contributed by atoms with Crippen LogP contribution in [0.15, 0.2) is 34.1 Å². The van der Waals surface area contributed by atoms with Crippen LogP contribution in [-0.2, 0) is 13.1 Å². The number of rotatable bonds is 5. The van der Waals surface area contributed by atoms with E-state index in [4.69, 9.17) is 11.6 Å². The maximum absolute atomic E-state index is 6.07. The van der Waals surface area contributed by atoms with Crippen LogP contribution in [-0.4, -0.2) is 14.1 Å². The van der Waals surface area contributed by atoms with E-state index < -0.39 is 0 Å². The Balaban J connectivity index is 2.20. The average molecular weight is 360 g/mol.